The van der Waals surface area contributed by atoms with Gasteiger partial charge in [-0.15, -0.1) is 0 Å². The molecule has 0 amide bonds. The van der Waals surface area contributed by atoms with Gasteiger partial charge in [0, 0.05) is 12.3 Å². The number of hydrogen-bond donors (Lipinski definition) is 4. The molecule has 4 heteroatoms. The van der Waals surface area contributed by atoms with E-state index in [1.807, 2.05) is 13.8 Å². The fourth-order valence-electron chi connectivity index (χ4n) is 2.32. The van der Waals surface area contributed by atoms with Crippen molar-refractivity contribution in [1.29, 1.82) is 0 Å². The maximum atomic E-state index is 9.74. The smallest absolute Gasteiger partial charge is 0.109 e. The Morgan fingerprint density at radius 3 is 2.14 bits per heavy atom. The Morgan fingerprint density at radius 2 is 1.71 bits per heavy atom. The molecule has 1 rings (SSSR count). The van der Waals surface area contributed by atoms with Crippen LogP contribution in [-0.4, -0.2) is 44.3 Å². The van der Waals surface area contributed by atoms with Crippen molar-refractivity contribution in [1.82, 2.24) is 0 Å². The summed E-state index contributed by atoms with van der Waals surface area (Å²) >= 11 is 0. The van der Waals surface area contributed by atoms with Crippen molar-refractivity contribution < 1.29 is 20.4 Å². The Labute approximate surface area is 84.2 Å². The minimum absolute atomic E-state index is 0.0748. The lowest BCUT2D eigenvalue weighted by Gasteiger charge is -2.45. The van der Waals surface area contributed by atoms with Crippen molar-refractivity contribution in [2.75, 3.05) is 0 Å². The van der Waals surface area contributed by atoms with Gasteiger partial charge in [0.2, 0.25) is 0 Å². The van der Waals surface area contributed by atoms with Crippen LogP contribution in [0.15, 0.2) is 0 Å². The molecule has 14 heavy (non-hydrogen) atoms. The highest BCUT2D eigenvalue weighted by Crippen LogP contribution is 2.36. The van der Waals surface area contributed by atoms with Gasteiger partial charge in [-0.1, -0.05) is 13.8 Å². The molecule has 0 spiro atoms. The van der Waals surface area contributed by atoms with Crippen LogP contribution in [-0.2, 0) is 0 Å². The molecule has 0 aliphatic heterocycles. The highest BCUT2D eigenvalue weighted by molar-refractivity contribution is 5.00. The summed E-state index contributed by atoms with van der Waals surface area (Å²) in [6.45, 7) is 5.19. The molecule has 0 aromatic rings. The Hall–Kier alpha value is -0.160. The first-order valence-corrected chi connectivity index (χ1v) is 5.04. The van der Waals surface area contributed by atoms with E-state index < -0.39 is 23.9 Å². The van der Waals surface area contributed by atoms with Gasteiger partial charge in [-0.05, 0) is 12.8 Å². The highest BCUT2D eigenvalue weighted by Gasteiger charge is 2.49. The topological polar surface area (TPSA) is 80.9 Å². The molecule has 0 bridgehead atoms. The Balaban J connectivity index is 2.85. The Bertz CT molecular complexity index is 202. The Morgan fingerprint density at radius 1 is 1.21 bits per heavy atom. The van der Waals surface area contributed by atoms with E-state index in [4.69, 9.17) is 0 Å². The molecular formula is C10H20O4. The van der Waals surface area contributed by atoms with Crippen molar-refractivity contribution in [3.8, 4) is 0 Å². The van der Waals surface area contributed by atoms with E-state index in [9.17, 15) is 20.4 Å². The molecular weight excluding hydrogens is 184 g/mol. The van der Waals surface area contributed by atoms with Gasteiger partial charge < -0.3 is 20.4 Å². The predicted molar refractivity (Wildman–Crippen MR) is 51.6 cm³/mol. The van der Waals surface area contributed by atoms with E-state index in [0.29, 0.717) is 0 Å². The summed E-state index contributed by atoms with van der Waals surface area (Å²) in [5, 5.41) is 38.8. The average molecular weight is 204 g/mol. The lowest BCUT2D eigenvalue weighted by atomic mass is 9.70. The van der Waals surface area contributed by atoms with Crippen LogP contribution in [0.2, 0.25) is 0 Å². The van der Waals surface area contributed by atoms with Gasteiger partial charge in [-0.3, -0.25) is 0 Å². The van der Waals surface area contributed by atoms with E-state index in [2.05, 4.69) is 0 Å². The summed E-state index contributed by atoms with van der Waals surface area (Å²) in [6.07, 6.45) is -2.90. The number of aliphatic hydroxyl groups excluding tert-OH is 3. The first-order chi connectivity index (χ1) is 6.27. The van der Waals surface area contributed by atoms with Gasteiger partial charge >= 0.3 is 0 Å². The quantitative estimate of drug-likeness (QED) is 0.464. The first kappa shape index (κ1) is 11.9. The van der Waals surface area contributed by atoms with Crippen LogP contribution in [0.1, 0.15) is 27.2 Å². The van der Waals surface area contributed by atoms with Gasteiger partial charge in [-0.2, -0.15) is 0 Å². The number of rotatable bonds is 1. The molecule has 5 atom stereocenters. The summed E-state index contributed by atoms with van der Waals surface area (Å²) in [6, 6.07) is 0. The van der Waals surface area contributed by atoms with Crippen LogP contribution in [0, 0.1) is 11.8 Å². The molecule has 4 nitrogen and oxygen atoms in total. The molecule has 0 radical (unpaired) electrons. The van der Waals surface area contributed by atoms with Crippen LogP contribution in [0.5, 0.6) is 0 Å². The van der Waals surface area contributed by atoms with Crippen LogP contribution in [0.4, 0.5) is 0 Å². The maximum absolute atomic E-state index is 9.74. The third-order valence-electron chi connectivity index (χ3n) is 3.19. The number of hydrogen-bond acceptors (Lipinski definition) is 4. The second kappa shape index (κ2) is 3.77. The minimum atomic E-state index is -1.40. The molecule has 4 N–H and O–H groups in total. The molecule has 1 aliphatic rings. The second-order valence-electron chi connectivity index (χ2n) is 4.89. The molecule has 1 saturated carbocycles. The van der Waals surface area contributed by atoms with Gasteiger partial charge in [0.1, 0.15) is 6.10 Å². The zero-order chi connectivity index (χ0) is 11.1. The van der Waals surface area contributed by atoms with E-state index in [1.165, 1.54) is 6.92 Å². The molecule has 1 aliphatic carbocycles. The Kier molecular flexibility index (Phi) is 3.21. The SMILES string of the molecule is CC(C)C1C(O)CC(C)(O)C(O)C1O. The third kappa shape index (κ3) is 1.93. The van der Waals surface area contributed by atoms with Crippen molar-refractivity contribution in [3.63, 3.8) is 0 Å². The lowest BCUT2D eigenvalue weighted by Crippen LogP contribution is -2.60. The molecule has 84 valence electrons. The fraction of sp³-hybridized carbons (Fsp3) is 1.00. The van der Waals surface area contributed by atoms with E-state index >= 15 is 0 Å². The van der Waals surface area contributed by atoms with Crippen LogP contribution in [0.25, 0.3) is 0 Å². The van der Waals surface area contributed by atoms with Crippen LogP contribution in [0.3, 0.4) is 0 Å². The van der Waals surface area contributed by atoms with Crippen LogP contribution < -0.4 is 0 Å². The number of aliphatic hydroxyl groups is 4. The first-order valence-electron chi connectivity index (χ1n) is 5.04. The maximum Gasteiger partial charge on any atom is 0.109 e. The van der Waals surface area contributed by atoms with Crippen LogP contribution >= 0.6 is 0 Å². The largest absolute Gasteiger partial charge is 0.393 e. The lowest BCUT2D eigenvalue weighted by molar-refractivity contribution is -0.200. The van der Waals surface area contributed by atoms with Gasteiger partial charge in [0.05, 0.1) is 17.8 Å². The van der Waals surface area contributed by atoms with Gasteiger partial charge in [0.15, 0.2) is 0 Å². The molecule has 5 unspecified atom stereocenters. The molecule has 0 aromatic carbocycles. The van der Waals surface area contributed by atoms with Crippen molar-refractivity contribution in [2.24, 2.45) is 11.8 Å². The van der Waals surface area contributed by atoms with Crippen molar-refractivity contribution in [2.45, 2.75) is 51.1 Å². The summed E-state index contributed by atoms with van der Waals surface area (Å²) in [5.74, 6) is -0.295. The average Bonchev–Trinajstić information content (AvgIpc) is 1.98. The highest BCUT2D eigenvalue weighted by atomic mass is 16.4. The zero-order valence-corrected chi connectivity index (χ0v) is 8.88. The predicted octanol–water partition coefficient (Wildman–Crippen LogP) is -0.504. The molecule has 0 saturated heterocycles. The summed E-state index contributed by atoms with van der Waals surface area (Å²) in [4.78, 5) is 0. The zero-order valence-electron chi connectivity index (χ0n) is 8.88. The monoisotopic (exact) mass is 204 g/mol. The van der Waals surface area contributed by atoms with Gasteiger partial charge in [0.25, 0.3) is 0 Å². The summed E-state index contributed by atoms with van der Waals surface area (Å²) in [5.41, 5.74) is -1.40. The summed E-state index contributed by atoms with van der Waals surface area (Å²) < 4.78 is 0. The molecule has 0 aromatic heterocycles. The third-order valence-corrected chi connectivity index (χ3v) is 3.19. The second-order valence-corrected chi connectivity index (χ2v) is 4.89. The normalized spacial score (nSPS) is 49.7. The molecule has 1 fully saturated rings. The van der Waals surface area contributed by atoms with Crippen molar-refractivity contribution >= 4 is 0 Å². The van der Waals surface area contributed by atoms with E-state index in [1.54, 1.807) is 0 Å². The standard InChI is InChI=1S/C10H20O4/c1-5(2)7-6(11)4-10(3,14)9(13)8(7)12/h5-9,11-14H,4H2,1-3H3. The minimum Gasteiger partial charge on any atom is -0.393 e. The van der Waals surface area contributed by atoms with E-state index in [-0.39, 0.29) is 18.3 Å². The fourth-order valence-corrected chi connectivity index (χ4v) is 2.32. The molecule has 0 heterocycles. The summed E-state index contributed by atoms with van der Waals surface area (Å²) in [7, 11) is 0. The van der Waals surface area contributed by atoms with Gasteiger partial charge in [-0.25, -0.2) is 0 Å². The van der Waals surface area contributed by atoms with Crippen molar-refractivity contribution in [3.05, 3.63) is 0 Å². The van der Waals surface area contributed by atoms with E-state index in [0.717, 1.165) is 0 Å².